The number of phosphoric acid groups is 1. The van der Waals surface area contributed by atoms with E-state index in [4.69, 9.17) is 14.8 Å². The van der Waals surface area contributed by atoms with Gasteiger partial charge in [0.15, 0.2) is 0 Å². The smallest absolute Gasteiger partial charge is 0.393 e. The van der Waals surface area contributed by atoms with Gasteiger partial charge in [-0.2, -0.15) is 0 Å². The first kappa shape index (κ1) is 47.2. The standard InChI is InChI=1S/C38H77N2O7P/c1-3-5-7-9-11-13-14-15-16-17-18-19-20-21-22-24-26-28-30-37(42)36(34-47-48(44,45)46-32-31-39)40-38(43)33-35(41)29-27-25-23-12-10-8-6-4-2/h10,12,35-37,41-42H,3-9,11,13-34,39H2,1-2H3,(H,40,43)(H,44,45)/b12-10-. The first-order valence-corrected chi connectivity index (χ1v) is 21.4. The molecular weight excluding hydrogens is 627 g/mol. The maximum Gasteiger partial charge on any atom is 0.472 e. The molecule has 0 rings (SSSR count). The van der Waals surface area contributed by atoms with Crippen molar-refractivity contribution in [1.82, 2.24) is 5.32 Å². The number of aliphatic hydroxyl groups is 2. The zero-order valence-electron chi connectivity index (χ0n) is 31.1. The lowest BCUT2D eigenvalue weighted by Crippen LogP contribution is -2.47. The zero-order valence-corrected chi connectivity index (χ0v) is 32.0. The Bertz CT molecular complexity index is 786. The molecule has 0 bridgehead atoms. The fourth-order valence-electron chi connectivity index (χ4n) is 5.87. The van der Waals surface area contributed by atoms with E-state index < -0.39 is 32.0 Å². The van der Waals surface area contributed by atoms with Crippen molar-refractivity contribution in [2.45, 2.75) is 205 Å². The van der Waals surface area contributed by atoms with Gasteiger partial charge in [-0.25, -0.2) is 4.57 Å². The van der Waals surface area contributed by atoms with Crippen molar-refractivity contribution >= 4 is 13.7 Å². The Balaban J connectivity index is 4.27. The number of carbonyl (C=O) groups excluding carboxylic acids is 1. The van der Waals surface area contributed by atoms with E-state index in [0.717, 1.165) is 44.9 Å². The van der Waals surface area contributed by atoms with Gasteiger partial charge in [-0.3, -0.25) is 13.8 Å². The minimum Gasteiger partial charge on any atom is -0.393 e. The highest BCUT2D eigenvalue weighted by molar-refractivity contribution is 7.47. The van der Waals surface area contributed by atoms with Crippen LogP contribution in [0.5, 0.6) is 0 Å². The fraction of sp³-hybridized carbons (Fsp3) is 0.921. The first-order chi connectivity index (χ1) is 23.3. The van der Waals surface area contributed by atoms with E-state index in [2.05, 4.69) is 31.3 Å². The van der Waals surface area contributed by atoms with Gasteiger partial charge in [0.05, 0.1) is 37.9 Å². The normalized spacial score (nSPS) is 15.0. The van der Waals surface area contributed by atoms with Gasteiger partial charge in [0.2, 0.25) is 5.91 Å². The third-order valence-electron chi connectivity index (χ3n) is 8.92. The monoisotopic (exact) mass is 705 g/mol. The summed E-state index contributed by atoms with van der Waals surface area (Å²) in [7, 11) is -4.37. The number of hydrogen-bond acceptors (Lipinski definition) is 7. The summed E-state index contributed by atoms with van der Waals surface area (Å²) in [4.78, 5) is 22.6. The van der Waals surface area contributed by atoms with E-state index in [1.54, 1.807) is 0 Å². The number of phosphoric ester groups is 1. The number of unbranched alkanes of at least 4 members (excludes halogenated alkanes) is 21. The molecule has 0 aliphatic rings. The first-order valence-electron chi connectivity index (χ1n) is 19.9. The van der Waals surface area contributed by atoms with E-state index in [1.807, 2.05) is 0 Å². The SMILES string of the molecule is CCCC/C=C\CCCCC(O)CC(=O)NC(COP(=O)(O)OCCN)C(O)CCCCCCCCCCCCCCCCCCCC. The number of nitrogens with one attached hydrogen (secondary N) is 1. The molecule has 0 aromatic carbocycles. The van der Waals surface area contributed by atoms with E-state index in [0.29, 0.717) is 12.8 Å². The number of rotatable bonds is 37. The van der Waals surface area contributed by atoms with Crippen LogP contribution in [0.25, 0.3) is 0 Å². The second kappa shape index (κ2) is 34.6. The summed E-state index contributed by atoms with van der Waals surface area (Å²) >= 11 is 0. The fourth-order valence-corrected chi connectivity index (χ4v) is 6.63. The van der Waals surface area contributed by atoms with Crippen LogP contribution in [0.4, 0.5) is 0 Å². The highest BCUT2D eigenvalue weighted by Gasteiger charge is 2.28. The van der Waals surface area contributed by atoms with Crippen LogP contribution in [-0.4, -0.2) is 59.0 Å². The van der Waals surface area contributed by atoms with Crippen LogP contribution in [-0.2, 0) is 18.4 Å². The lowest BCUT2D eigenvalue weighted by atomic mass is 10.0. The van der Waals surface area contributed by atoms with Crippen molar-refractivity contribution in [3.8, 4) is 0 Å². The Labute approximate surface area is 295 Å². The third kappa shape index (κ3) is 32.4. The zero-order chi connectivity index (χ0) is 35.6. The summed E-state index contributed by atoms with van der Waals surface area (Å²) < 4.78 is 22.0. The average Bonchev–Trinajstić information content (AvgIpc) is 3.06. The minimum atomic E-state index is -4.37. The van der Waals surface area contributed by atoms with Gasteiger partial charge in [-0.15, -0.1) is 0 Å². The molecule has 9 nitrogen and oxygen atoms in total. The second-order valence-corrected chi connectivity index (χ2v) is 15.1. The average molecular weight is 705 g/mol. The second-order valence-electron chi connectivity index (χ2n) is 13.7. The van der Waals surface area contributed by atoms with E-state index in [1.165, 1.54) is 109 Å². The van der Waals surface area contributed by atoms with Crippen LogP contribution < -0.4 is 11.1 Å². The molecule has 48 heavy (non-hydrogen) atoms. The van der Waals surface area contributed by atoms with Gasteiger partial charge in [-0.1, -0.05) is 161 Å². The number of nitrogens with two attached hydrogens (primary N) is 1. The van der Waals surface area contributed by atoms with Crippen molar-refractivity contribution in [3.05, 3.63) is 12.2 Å². The van der Waals surface area contributed by atoms with Crippen LogP contribution in [0.2, 0.25) is 0 Å². The highest BCUT2D eigenvalue weighted by Crippen LogP contribution is 2.43. The Morgan fingerprint density at radius 1 is 0.688 bits per heavy atom. The van der Waals surface area contributed by atoms with Crippen molar-refractivity contribution in [3.63, 3.8) is 0 Å². The van der Waals surface area contributed by atoms with Crippen LogP contribution >= 0.6 is 7.82 Å². The topological polar surface area (TPSA) is 151 Å². The molecule has 0 fully saturated rings. The molecule has 286 valence electrons. The van der Waals surface area contributed by atoms with Gasteiger partial charge in [0.25, 0.3) is 0 Å². The number of amides is 1. The predicted octanol–water partition coefficient (Wildman–Crippen LogP) is 9.41. The quantitative estimate of drug-likeness (QED) is 0.0244. The number of hydrogen-bond donors (Lipinski definition) is 5. The van der Waals surface area contributed by atoms with E-state index in [9.17, 15) is 24.5 Å². The van der Waals surface area contributed by atoms with Crippen molar-refractivity contribution in [1.29, 1.82) is 0 Å². The summed E-state index contributed by atoms with van der Waals surface area (Å²) in [6, 6.07) is -0.897. The molecule has 0 aromatic rings. The third-order valence-corrected chi connectivity index (χ3v) is 9.91. The number of carbonyl (C=O) groups is 1. The molecule has 0 aliphatic carbocycles. The molecule has 0 saturated carbocycles. The molecule has 6 N–H and O–H groups in total. The van der Waals surface area contributed by atoms with Gasteiger partial charge < -0.3 is 26.2 Å². The van der Waals surface area contributed by atoms with Crippen molar-refractivity contribution < 1.29 is 33.5 Å². The molecule has 0 heterocycles. The summed E-state index contributed by atoms with van der Waals surface area (Å²) in [6.07, 6.45) is 32.7. The minimum absolute atomic E-state index is 0.0586. The molecule has 0 radical (unpaired) electrons. The van der Waals surface area contributed by atoms with Gasteiger partial charge in [0.1, 0.15) is 0 Å². The molecule has 4 unspecified atom stereocenters. The maximum absolute atomic E-state index is 12.7. The number of allylic oxidation sites excluding steroid dienone is 2. The summed E-state index contributed by atoms with van der Waals surface area (Å²) in [5.41, 5.74) is 5.35. The predicted molar refractivity (Wildman–Crippen MR) is 200 cm³/mol. The van der Waals surface area contributed by atoms with Crippen molar-refractivity contribution in [2.24, 2.45) is 5.73 Å². The molecule has 1 amide bonds. The molecule has 0 spiro atoms. The largest absolute Gasteiger partial charge is 0.472 e. The van der Waals surface area contributed by atoms with E-state index >= 15 is 0 Å². The molecule has 4 atom stereocenters. The van der Waals surface area contributed by atoms with Crippen LogP contribution in [0.1, 0.15) is 187 Å². The maximum atomic E-state index is 12.7. The van der Waals surface area contributed by atoms with Crippen LogP contribution in [0.3, 0.4) is 0 Å². The van der Waals surface area contributed by atoms with E-state index in [-0.39, 0.29) is 26.2 Å². The summed E-state index contributed by atoms with van der Waals surface area (Å²) in [6.45, 7) is 3.97. The summed E-state index contributed by atoms with van der Waals surface area (Å²) in [5.74, 6) is -0.428. The molecule has 0 aliphatic heterocycles. The van der Waals surface area contributed by atoms with Gasteiger partial charge >= 0.3 is 7.82 Å². The molecule has 0 saturated heterocycles. The highest BCUT2D eigenvalue weighted by atomic mass is 31.2. The van der Waals surface area contributed by atoms with Crippen molar-refractivity contribution in [2.75, 3.05) is 19.8 Å². The Hall–Kier alpha value is -0.800. The molecule has 10 heteroatoms. The number of aliphatic hydroxyl groups excluding tert-OH is 2. The lowest BCUT2D eigenvalue weighted by Gasteiger charge is -2.25. The Morgan fingerprint density at radius 3 is 1.65 bits per heavy atom. The van der Waals surface area contributed by atoms with Crippen LogP contribution in [0, 0.1) is 0 Å². The lowest BCUT2D eigenvalue weighted by molar-refractivity contribution is -0.125. The van der Waals surface area contributed by atoms with Gasteiger partial charge in [-0.05, 0) is 32.1 Å². The Kier molecular flexibility index (Phi) is 34.1. The molecular formula is C38H77N2O7P. The van der Waals surface area contributed by atoms with Crippen LogP contribution in [0.15, 0.2) is 12.2 Å². The van der Waals surface area contributed by atoms with Gasteiger partial charge in [0, 0.05) is 6.54 Å². The molecule has 0 aromatic heterocycles. The Morgan fingerprint density at radius 2 is 1.15 bits per heavy atom. The summed E-state index contributed by atoms with van der Waals surface area (Å²) in [5, 5.41) is 24.0.